The first-order valence-corrected chi connectivity index (χ1v) is 19.6. The van der Waals surface area contributed by atoms with Gasteiger partial charge in [-0.15, -0.1) is 0 Å². The van der Waals surface area contributed by atoms with Crippen molar-refractivity contribution in [3.8, 4) is 96.7 Å². The lowest BCUT2D eigenvalue weighted by Gasteiger charge is -2.12. The highest BCUT2D eigenvalue weighted by Crippen LogP contribution is 2.34. The number of hydrogen-bond acceptors (Lipinski definition) is 7. The van der Waals surface area contributed by atoms with Crippen LogP contribution in [-0.2, 0) is 0 Å². The van der Waals surface area contributed by atoms with Gasteiger partial charge in [-0.3, -0.25) is 0 Å². The summed E-state index contributed by atoms with van der Waals surface area (Å²) in [5, 5.41) is 12.3. The van der Waals surface area contributed by atoms with Gasteiger partial charge in [-0.25, -0.2) is 29.9 Å². The van der Waals surface area contributed by atoms with E-state index >= 15 is 0 Å². The molecule has 0 aliphatic carbocycles. The Morgan fingerprint density at radius 2 is 0.617 bits per heavy atom. The summed E-state index contributed by atoms with van der Waals surface area (Å²) >= 11 is 0. The van der Waals surface area contributed by atoms with Crippen LogP contribution in [0.1, 0.15) is 5.56 Å². The Labute approximate surface area is 347 Å². The number of nitrogens with zero attached hydrogens (tertiary/aromatic N) is 7. The van der Waals surface area contributed by atoms with Gasteiger partial charge in [0.25, 0.3) is 0 Å². The van der Waals surface area contributed by atoms with Gasteiger partial charge < -0.3 is 0 Å². The molecule has 0 atom stereocenters. The summed E-state index contributed by atoms with van der Waals surface area (Å²) in [7, 11) is 0. The van der Waals surface area contributed by atoms with Crippen LogP contribution in [-0.4, -0.2) is 29.9 Å². The Hall–Kier alpha value is -8.47. The van der Waals surface area contributed by atoms with E-state index in [9.17, 15) is 5.26 Å². The highest BCUT2D eigenvalue weighted by Gasteiger charge is 2.16. The molecule has 10 rings (SSSR count). The predicted molar refractivity (Wildman–Crippen MR) is 239 cm³/mol. The molecule has 2 aromatic heterocycles. The normalized spacial score (nSPS) is 11.0. The first kappa shape index (κ1) is 35.9. The minimum absolute atomic E-state index is 0.574. The zero-order valence-electron chi connectivity index (χ0n) is 32.2. The number of hydrogen-bond donors (Lipinski definition) is 0. The first-order valence-electron chi connectivity index (χ1n) is 19.6. The monoisotopic (exact) mass is 767 g/mol. The van der Waals surface area contributed by atoms with Crippen LogP contribution >= 0.6 is 0 Å². The maximum Gasteiger partial charge on any atom is 0.164 e. The molecule has 8 aromatic carbocycles. The molecule has 0 N–H and O–H groups in total. The summed E-state index contributed by atoms with van der Waals surface area (Å²) in [5.74, 6) is 3.62. The third kappa shape index (κ3) is 7.29. The second-order valence-electron chi connectivity index (χ2n) is 14.3. The van der Waals surface area contributed by atoms with Crippen molar-refractivity contribution in [1.29, 1.82) is 5.26 Å². The lowest BCUT2D eigenvalue weighted by molar-refractivity contribution is 1.07. The van der Waals surface area contributed by atoms with Crippen LogP contribution in [0.3, 0.4) is 0 Å². The summed E-state index contributed by atoms with van der Waals surface area (Å²) in [6.07, 6.45) is 0. The van der Waals surface area contributed by atoms with Gasteiger partial charge in [0.05, 0.1) is 11.6 Å². The van der Waals surface area contributed by atoms with Gasteiger partial charge in [-0.2, -0.15) is 5.26 Å². The third-order valence-corrected chi connectivity index (χ3v) is 10.4. The van der Waals surface area contributed by atoms with Crippen LogP contribution in [0.4, 0.5) is 0 Å². The Morgan fingerprint density at radius 3 is 1.07 bits per heavy atom. The van der Waals surface area contributed by atoms with E-state index in [0.717, 1.165) is 66.4 Å². The molecule has 0 fully saturated rings. The van der Waals surface area contributed by atoms with Crippen molar-refractivity contribution in [2.75, 3.05) is 0 Å². The number of fused-ring (bicyclic) bond motifs is 1. The van der Waals surface area contributed by atoms with Crippen LogP contribution in [0, 0.1) is 11.3 Å². The standard InChI is InChI=1S/C53H33N7/c54-34-46-32-43-29-28-42(41-22-13-23-44(30-41)53-59-50(38-18-9-3-10-19-38)56-51(60-53)39-20-11-4-12-21-39)31-45(43)33-47(46)35-24-26-40(27-25-35)52-57-48(36-14-5-1-6-15-36)55-49(58-52)37-16-7-2-8-17-37/h1-33H. The average Bonchev–Trinajstić information content (AvgIpc) is 3.34. The maximum absolute atomic E-state index is 10.3. The molecule has 0 saturated carbocycles. The fraction of sp³-hybridized carbons (Fsp3) is 0. The van der Waals surface area contributed by atoms with Gasteiger partial charge >= 0.3 is 0 Å². The minimum Gasteiger partial charge on any atom is -0.208 e. The number of benzene rings is 8. The van der Waals surface area contributed by atoms with E-state index in [1.165, 1.54) is 0 Å². The minimum atomic E-state index is 0.574. The average molecular weight is 768 g/mol. The van der Waals surface area contributed by atoms with Crippen molar-refractivity contribution >= 4 is 10.8 Å². The molecule has 0 spiro atoms. The highest BCUT2D eigenvalue weighted by molar-refractivity contribution is 5.93. The van der Waals surface area contributed by atoms with E-state index in [1.54, 1.807) is 0 Å². The highest BCUT2D eigenvalue weighted by atomic mass is 15.0. The van der Waals surface area contributed by atoms with Gasteiger partial charge in [0.2, 0.25) is 0 Å². The number of aromatic nitrogens is 6. The van der Waals surface area contributed by atoms with Crippen molar-refractivity contribution < 1.29 is 0 Å². The van der Waals surface area contributed by atoms with Crippen molar-refractivity contribution in [3.05, 3.63) is 206 Å². The Balaban J connectivity index is 1.00. The maximum atomic E-state index is 10.3. The number of rotatable bonds is 8. The molecule has 7 nitrogen and oxygen atoms in total. The molecule has 0 saturated heterocycles. The fourth-order valence-electron chi connectivity index (χ4n) is 7.32. The van der Waals surface area contributed by atoms with Crippen LogP contribution in [0.25, 0.3) is 101 Å². The SMILES string of the molecule is N#Cc1cc2ccc(-c3cccc(-c4nc(-c5ccccc5)nc(-c5ccccc5)n4)c3)cc2cc1-c1ccc(-c2nc(-c3ccccc3)nc(-c3ccccc3)n2)cc1. The second-order valence-corrected chi connectivity index (χ2v) is 14.3. The zero-order valence-corrected chi connectivity index (χ0v) is 32.2. The second kappa shape index (κ2) is 15.8. The van der Waals surface area contributed by atoms with Gasteiger partial charge in [0.1, 0.15) is 0 Å². The van der Waals surface area contributed by atoms with Gasteiger partial charge in [0.15, 0.2) is 34.9 Å². The van der Waals surface area contributed by atoms with E-state index < -0.39 is 0 Å². The smallest absolute Gasteiger partial charge is 0.164 e. The van der Waals surface area contributed by atoms with Gasteiger partial charge in [-0.1, -0.05) is 176 Å². The summed E-state index contributed by atoms with van der Waals surface area (Å²) in [4.78, 5) is 29.4. The van der Waals surface area contributed by atoms with Crippen molar-refractivity contribution in [2.45, 2.75) is 0 Å². The molecule has 0 aliphatic heterocycles. The molecule has 0 bridgehead atoms. The van der Waals surface area contributed by atoms with E-state index in [4.69, 9.17) is 29.9 Å². The molecule has 10 aromatic rings. The lowest BCUT2D eigenvalue weighted by Crippen LogP contribution is -2.00. The molecule has 280 valence electrons. The third-order valence-electron chi connectivity index (χ3n) is 10.4. The van der Waals surface area contributed by atoms with Crippen molar-refractivity contribution in [2.24, 2.45) is 0 Å². The molecule has 7 heteroatoms. The summed E-state index contributed by atoms with van der Waals surface area (Å²) in [5.41, 5.74) is 9.83. The molecule has 2 heterocycles. The van der Waals surface area contributed by atoms with Crippen LogP contribution in [0.5, 0.6) is 0 Å². The van der Waals surface area contributed by atoms with Crippen LogP contribution in [0.15, 0.2) is 200 Å². The molecule has 0 amide bonds. The zero-order chi connectivity index (χ0) is 40.3. The fourth-order valence-corrected chi connectivity index (χ4v) is 7.32. The van der Waals surface area contributed by atoms with Crippen LogP contribution in [0.2, 0.25) is 0 Å². The van der Waals surface area contributed by atoms with Crippen molar-refractivity contribution in [1.82, 2.24) is 29.9 Å². The Kier molecular flexibility index (Phi) is 9.47. The topological polar surface area (TPSA) is 101 Å². The Morgan fingerprint density at radius 1 is 0.267 bits per heavy atom. The molecular weight excluding hydrogens is 735 g/mol. The van der Waals surface area contributed by atoms with E-state index in [-0.39, 0.29) is 0 Å². The summed E-state index contributed by atoms with van der Waals surface area (Å²) in [6, 6.07) is 69.0. The predicted octanol–water partition coefficient (Wildman–Crippen LogP) is 12.4. The molecule has 0 aliphatic rings. The van der Waals surface area contributed by atoms with Gasteiger partial charge in [0, 0.05) is 38.9 Å². The van der Waals surface area contributed by atoms with E-state index in [0.29, 0.717) is 40.5 Å². The van der Waals surface area contributed by atoms with E-state index in [2.05, 4.69) is 42.5 Å². The first-order chi connectivity index (χ1) is 29.6. The largest absolute Gasteiger partial charge is 0.208 e. The quantitative estimate of drug-likeness (QED) is 0.152. The summed E-state index contributed by atoms with van der Waals surface area (Å²) < 4.78 is 0. The molecule has 60 heavy (non-hydrogen) atoms. The Bertz CT molecular complexity index is 3070. The summed E-state index contributed by atoms with van der Waals surface area (Å²) in [6.45, 7) is 0. The van der Waals surface area contributed by atoms with Gasteiger partial charge in [-0.05, 0) is 51.7 Å². The molecule has 0 unspecified atom stereocenters. The van der Waals surface area contributed by atoms with Crippen LogP contribution < -0.4 is 0 Å². The lowest BCUT2D eigenvalue weighted by atomic mass is 9.93. The van der Waals surface area contributed by atoms with E-state index in [1.807, 2.05) is 164 Å². The molecule has 0 radical (unpaired) electrons. The van der Waals surface area contributed by atoms with Crippen molar-refractivity contribution in [3.63, 3.8) is 0 Å². The number of nitriles is 1. The molecular formula is C53H33N7.